The molecule has 2 nitrogen and oxygen atoms in total. The smallest absolute Gasteiger partial charge is 0.312 e. The molecule has 6 heteroatoms. The number of hydrogen-bond acceptors (Lipinski definition) is 1. The van der Waals surface area contributed by atoms with Crippen molar-refractivity contribution in [3.8, 4) is 0 Å². The molecule has 0 heterocycles. The van der Waals surface area contributed by atoms with Crippen molar-refractivity contribution in [1.82, 2.24) is 4.90 Å². The van der Waals surface area contributed by atoms with Crippen LogP contribution in [0, 0.1) is 0 Å². The van der Waals surface area contributed by atoms with E-state index in [9.17, 15) is 0 Å². The van der Waals surface area contributed by atoms with Gasteiger partial charge in [0, 0.05) is 9.92 Å². The molecule has 1 rings (SSSR count). The number of halogens is 3. The van der Waals surface area contributed by atoms with E-state index >= 15 is 0 Å². The number of thioether (sulfide) groups is 1. The van der Waals surface area contributed by atoms with E-state index in [0.29, 0.717) is 10.0 Å². The van der Waals surface area contributed by atoms with Crippen LogP contribution in [0.25, 0.3) is 0 Å². The van der Waals surface area contributed by atoms with Crippen LogP contribution in [0.1, 0.15) is 0 Å². The zero-order valence-corrected chi connectivity index (χ0v) is 14.7. The quantitative estimate of drug-likeness (QED) is 0.218. The van der Waals surface area contributed by atoms with Crippen LogP contribution < -0.4 is 24.0 Å². The molecule has 17 heavy (non-hydrogen) atoms. The van der Waals surface area contributed by atoms with Gasteiger partial charge in [-0.05, 0) is 30.0 Å². The molecule has 0 spiro atoms. The molecule has 0 saturated carbocycles. The van der Waals surface area contributed by atoms with Crippen molar-refractivity contribution in [1.29, 1.82) is 0 Å². The Balaban J connectivity index is 0.00000256. The minimum absolute atomic E-state index is 0. The van der Waals surface area contributed by atoms with Gasteiger partial charge in [0.05, 0.1) is 33.2 Å². The lowest BCUT2D eigenvalue weighted by Crippen LogP contribution is -3.00. The van der Waals surface area contributed by atoms with Gasteiger partial charge in [0.1, 0.15) is 0 Å². The van der Waals surface area contributed by atoms with Gasteiger partial charge in [-0.25, -0.2) is 0 Å². The van der Waals surface area contributed by atoms with Crippen LogP contribution >= 0.6 is 35.0 Å². The van der Waals surface area contributed by atoms with Crippen molar-refractivity contribution in [2.24, 2.45) is 0 Å². The summed E-state index contributed by atoms with van der Waals surface area (Å²) in [7, 11) is 8.02. The maximum Gasteiger partial charge on any atom is 0.312 e. The van der Waals surface area contributed by atoms with E-state index in [2.05, 4.69) is 9.48 Å². The number of hydrogen-bond donors (Lipinski definition) is 0. The third kappa shape index (κ3) is 5.24. The molecule has 96 valence electrons. The first-order valence-electron chi connectivity index (χ1n) is 4.76. The van der Waals surface area contributed by atoms with E-state index < -0.39 is 0 Å². The predicted octanol–water partition coefficient (Wildman–Crippen LogP) is 0.279. The van der Waals surface area contributed by atoms with E-state index in [1.165, 1.54) is 0 Å². The number of nitrogens with zero attached hydrogens (tertiary/aromatic N) is 2. The standard InChI is InChI=1S/C11H15Cl2N2S.HI/c1-14(2)11(15(3)4)16-10-6-5-8(12)7-9(10)13;/h5-7H,1-4H3;1H/q+1;/p-1. The molecule has 0 aliphatic rings. The highest BCUT2D eigenvalue weighted by molar-refractivity contribution is 8.13. The van der Waals surface area contributed by atoms with Crippen molar-refractivity contribution >= 4 is 40.1 Å². The summed E-state index contributed by atoms with van der Waals surface area (Å²) in [5.41, 5.74) is 0. The van der Waals surface area contributed by atoms with Gasteiger partial charge in [-0.3, -0.25) is 9.48 Å². The Kier molecular flexibility index (Phi) is 7.87. The molecular formula is C11H15Cl2IN2S. The first-order valence-corrected chi connectivity index (χ1v) is 6.33. The van der Waals surface area contributed by atoms with Gasteiger partial charge in [-0.1, -0.05) is 23.2 Å². The predicted molar refractivity (Wildman–Crippen MR) is 73.1 cm³/mol. The van der Waals surface area contributed by atoms with Crippen molar-refractivity contribution < 1.29 is 28.6 Å². The monoisotopic (exact) mass is 404 g/mol. The Morgan fingerprint density at radius 1 is 1.24 bits per heavy atom. The minimum atomic E-state index is 0. The number of amidine groups is 1. The molecule has 0 saturated heterocycles. The van der Waals surface area contributed by atoms with E-state index in [1.54, 1.807) is 17.8 Å². The van der Waals surface area contributed by atoms with Gasteiger partial charge in [-0.2, -0.15) is 0 Å². The number of rotatable bonds is 1. The largest absolute Gasteiger partial charge is 1.00 e. The summed E-state index contributed by atoms with van der Waals surface area (Å²) >= 11 is 13.6. The highest BCUT2D eigenvalue weighted by Gasteiger charge is 2.15. The molecule has 0 fully saturated rings. The summed E-state index contributed by atoms with van der Waals surface area (Å²) in [6.45, 7) is 0. The molecule has 0 aromatic heterocycles. The van der Waals surface area contributed by atoms with Gasteiger partial charge in [0.2, 0.25) is 0 Å². The lowest BCUT2D eigenvalue weighted by atomic mass is 10.4. The average molecular weight is 405 g/mol. The zero-order valence-electron chi connectivity index (χ0n) is 10.2. The summed E-state index contributed by atoms with van der Waals surface area (Å²) in [5, 5.41) is 2.45. The van der Waals surface area contributed by atoms with Crippen molar-refractivity contribution in [2.45, 2.75) is 4.90 Å². The lowest BCUT2D eigenvalue weighted by molar-refractivity contribution is -0.466. The average Bonchev–Trinajstić information content (AvgIpc) is 2.15. The highest BCUT2D eigenvalue weighted by Crippen LogP contribution is 2.30. The van der Waals surface area contributed by atoms with Crippen LogP contribution in [-0.4, -0.2) is 42.8 Å². The zero-order chi connectivity index (χ0) is 12.3. The topological polar surface area (TPSA) is 6.25 Å². The maximum absolute atomic E-state index is 6.13. The fourth-order valence-electron chi connectivity index (χ4n) is 1.24. The van der Waals surface area contributed by atoms with Crippen molar-refractivity contribution in [2.75, 3.05) is 28.2 Å². The molecule has 0 radical (unpaired) electrons. The molecule has 0 bridgehead atoms. The van der Waals surface area contributed by atoms with Gasteiger partial charge in [-0.15, -0.1) is 0 Å². The minimum Gasteiger partial charge on any atom is -1.00 e. The molecule has 0 atom stereocenters. The molecule has 1 aromatic carbocycles. The molecule has 0 amide bonds. The fraction of sp³-hybridized carbons (Fsp3) is 0.364. The van der Waals surface area contributed by atoms with Crippen LogP contribution in [0.15, 0.2) is 23.1 Å². The van der Waals surface area contributed by atoms with Gasteiger partial charge >= 0.3 is 5.17 Å². The first-order chi connectivity index (χ1) is 7.41. The molecule has 0 aliphatic carbocycles. The molecule has 0 aliphatic heterocycles. The van der Waals surface area contributed by atoms with Gasteiger partial charge < -0.3 is 24.0 Å². The van der Waals surface area contributed by atoms with Crippen LogP contribution in [0.3, 0.4) is 0 Å². The third-order valence-corrected chi connectivity index (χ3v) is 4.01. The highest BCUT2D eigenvalue weighted by atomic mass is 127. The molecule has 0 unspecified atom stereocenters. The molecule has 0 N–H and O–H groups in total. The Hall–Kier alpha value is 0.350. The summed E-state index contributed by atoms with van der Waals surface area (Å²) in [6, 6.07) is 5.54. The molecular weight excluding hydrogens is 390 g/mol. The lowest BCUT2D eigenvalue weighted by Gasteiger charge is -2.11. The van der Waals surface area contributed by atoms with Crippen molar-refractivity contribution in [3.05, 3.63) is 28.2 Å². The Bertz CT molecular complexity index is 418. The van der Waals surface area contributed by atoms with Gasteiger partial charge in [0.15, 0.2) is 0 Å². The van der Waals surface area contributed by atoms with Crippen LogP contribution in [-0.2, 0) is 0 Å². The summed E-state index contributed by atoms with van der Waals surface area (Å²) < 4.78 is 2.05. The Labute approximate surface area is 134 Å². The first kappa shape index (κ1) is 17.4. The summed E-state index contributed by atoms with van der Waals surface area (Å²) in [5.74, 6) is 0. The Morgan fingerprint density at radius 2 is 1.82 bits per heavy atom. The second-order valence-electron chi connectivity index (χ2n) is 3.75. The van der Waals surface area contributed by atoms with Crippen LogP contribution in [0.4, 0.5) is 0 Å². The van der Waals surface area contributed by atoms with E-state index in [1.807, 2.05) is 40.3 Å². The maximum atomic E-state index is 6.13. The number of benzene rings is 1. The van der Waals surface area contributed by atoms with Gasteiger partial charge in [0.25, 0.3) is 0 Å². The normalized spacial score (nSPS) is 9.53. The summed E-state index contributed by atoms with van der Waals surface area (Å²) in [4.78, 5) is 3.05. The third-order valence-electron chi connectivity index (χ3n) is 1.86. The summed E-state index contributed by atoms with van der Waals surface area (Å²) in [6.07, 6.45) is 0. The molecule has 1 aromatic rings. The van der Waals surface area contributed by atoms with Crippen molar-refractivity contribution in [3.63, 3.8) is 0 Å². The van der Waals surface area contributed by atoms with Crippen LogP contribution in [0.5, 0.6) is 0 Å². The second kappa shape index (κ2) is 7.71. The Morgan fingerprint density at radius 3 is 2.24 bits per heavy atom. The van der Waals surface area contributed by atoms with Crippen LogP contribution in [0.2, 0.25) is 10.0 Å². The second-order valence-corrected chi connectivity index (χ2v) is 5.60. The fourth-order valence-corrected chi connectivity index (χ4v) is 2.62. The van der Waals surface area contributed by atoms with E-state index in [-0.39, 0.29) is 24.0 Å². The van der Waals surface area contributed by atoms with E-state index in [4.69, 9.17) is 23.2 Å². The van der Waals surface area contributed by atoms with E-state index in [0.717, 1.165) is 10.1 Å². The SMILES string of the molecule is CN(C)C(Sc1ccc(Cl)cc1Cl)=[N+](C)C.[I-].